The molecular weight excluding hydrogens is 301 g/mol. The molecule has 0 bridgehead atoms. The lowest BCUT2D eigenvalue weighted by atomic mass is 10.2. The van der Waals surface area contributed by atoms with Crippen molar-refractivity contribution < 1.29 is 14.3 Å². The number of nitrogens with one attached hydrogen (secondary N) is 2. The van der Waals surface area contributed by atoms with Crippen LogP contribution in [0, 0.1) is 5.82 Å². The minimum absolute atomic E-state index is 0.163. The molecule has 8 heteroatoms. The number of aromatic carboxylic acids is 1. The van der Waals surface area contributed by atoms with Crippen LogP contribution in [0.1, 0.15) is 10.4 Å². The summed E-state index contributed by atoms with van der Waals surface area (Å²) in [5, 5.41) is 15.0. The molecule has 0 aliphatic heterocycles. The van der Waals surface area contributed by atoms with Gasteiger partial charge in [-0.25, -0.2) is 18.7 Å². The van der Waals surface area contributed by atoms with E-state index < -0.39 is 5.97 Å². The molecule has 0 saturated heterocycles. The lowest BCUT2D eigenvalue weighted by Gasteiger charge is -2.01. The summed E-state index contributed by atoms with van der Waals surface area (Å²) in [6.07, 6.45) is 0. The molecule has 4 aromatic rings. The van der Waals surface area contributed by atoms with E-state index in [0.717, 1.165) is 0 Å². The molecule has 0 fully saturated rings. The largest absolute Gasteiger partial charge is 0.478 e. The van der Waals surface area contributed by atoms with Crippen LogP contribution < -0.4 is 5.32 Å². The molecule has 0 spiro atoms. The Bertz CT molecular complexity index is 1050. The van der Waals surface area contributed by atoms with Gasteiger partial charge in [-0.1, -0.05) is 6.07 Å². The van der Waals surface area contributed by atoms with Gasteiger partial charge in [0.05, 0.1) is 16.6 Å². The smallest absolute Gasteiger partial charge is 0.335 e. The fraction of sp³-hybridized carbons (Fsp3) is 0. The predicted molar refractivity (Wildman–Crippen MR) is 81.5 cm³/mol. The van der Waals surface area contributed by atoms with Gasteiger partial charge in [0.25, 0.3) is 5.78 Å². The minimum atomic E-state index is -1.01. The lowest BCUT2D eigenvalue weighted by molar-refractivity contribution is 0.0697. The van der Waals surface area contributed by atoms with Crippen molar-refractivity contribution in [3.8, 4) is 0 Å². The first-order chi connectivity index (χ1) is 11.1. The molecule has 0 aliphatic rings. The zero-order chi connectivity index (χ0) is 16.0. The zero-order valence-corrected chi connectivity index (χ0v) is 11.6. The number of hydrogen-bond donors (Lipinski definition) is 3. The maximum Gasteiger partial charge on any atom is 0.335 e. The molecule has 3 N–H and O–H groups in total. The Hall–Kier alpha value is -3.42. The van der Waals surface area contributed by atoms with Gasteiger partial charge < -0.3 is 10.4 Å². The molecule has 7 nitrogen and oxygen atoms in total. The molecular formula is C15H10FN5O2. The summed E-state index contributed by atoms with van der Waals surface area (Å²) in [6.45, 7) is 0. The van der Waals surface area contributed by atoms with Crippen molar-refractivity contribution in [2.24, 2.45) is 0 Å². The van der Waals surface area contributed by atoms with Crippen molar-refractivity contribution in [3.05, 3.63) is 53.8 Å². The summed E-state index contributed by atoms with van der Waals surface area (Å²) < 4.78 is 14.8. The van der Waals surface area contributed by atoms with Gasteiger partial charge in [0.1, 0.15) is 5.82 Å². The Morgan fingerprint density at radius 3 is 2.87 bits per heavy atom. The first-order valence-corrected chi connectivity index (χ1v) is 6.74. The predicted octanol–water partition coefficient (Wildman–Crippen LogP) is 2.79. The maximum atomic E-state index is 13.2. The number of carboxylic acids is 1. The van der Waals surface area contributed by atoms with E-state index in [4.69, 9.17) is 5.11 Å². The SMILES string of the molecule is O=C(O)c1ccc2c(c1)nc1nc(Nc3cccc(F)c3)[nH]n12. The van der Waals surface area contributed by atoms with Gasteiger partial charge in [0, 0.05) is 5.69 Å². The number of carbonyl (C=O) groups is 1. The maximum absolute atomic E-state index is 13.2. The number of nitrogens with zero attached hydrogens (tertiary/aromatic N) is 3. The van der Waals surface area contributed by atoms with E-state index in [-0.39, 0.29) is 11.4 Å². The Morgan fingerprint density at radius 1 is 1.22 bits per heavy atom. The van der Waals surface area contributed by atoms with Crippen LogP contribution in [0.15, 0.2) is 42.5 Å². The van der Waals surface area contributed by atoms with E-state index >= 15 is 0 Å². The summed E-state index contributed by atoms with van der Waals surface area (Å²) in [4.78, 5) is 19.5. The van der Waals surface area contributed by atoms with E-state index in [1.807, 2.05) is 0 Å². The topological polar surface area (TPSA) is 95.3 Å². The van der Waals surface area contributed by atoms with Gasteiger partial charge in [0.2, 0.25) is 5.95 Å². The fourth-order valence-corrected chi connectivity index (χ4v) is 2.38. The highest BCUT2D eigenvalue weighted by atomic mass is 19.1. The second kappa shape index (κ2) is 4.80. The third kappa shape index (κ3) is 2.26. The molecule has 0 aliphatic carbocycles. The van der Waals surface area contributed by atoms with Gasteiger partial charge in [-0.2, -0.15) is 4.98 Å². The molecule has 114 valence electrons. The highest BCUT2D eigenvalue weighted by molar-refractivity contribution is 5.93. The van der Waals surface area contributed by atoms with Crippen LogP contribution in [0.25, 0.3) is 16.8 Å². The number of anilines is 2. The average molecular weight is 311 g/mol. The summed E-state index contributed by atoms with van der Waals surface area (Å²) in [5.74, 6) is -0.563. The second-order valence-electron chi connectivity index (χ2n) is 4.96. The quantitative estimate of drug-likeness (QED) is 0.541. The van der Waals surface area contributed by atoms with Gasteiger partial charge >= 0.3 is 5.97 Å². The van der Waals surface area contributed by atoms with Crippen molar-refractivity contribution in [1.82, 2.24) is 19.6 Å². The first-order valence-electron chi connectivity index (χ1n) is 6.74. The average Bonchev–Trinajstić information content (AvgIpc) is 3.03. The number of aromatic nitrogens is 4. The number of hydrogen-bond acceptors (Lipinski definition) is 4. The van der Waals surface area contributed by atoms with Crippen molar-refractivity contribution in [1.29, 1.82) is 0 Å². The molecule has 0 amide bonds. The van der Waals surface area contributed by atoms with E-state index in [2.05, 4.69) is 20.4 Å². The number of benzene rings is 2. The number of imidazole rings is 1. The van der Waals surface area contributed by atoms with Gasteiger partial charge in [-0.3, -0.25) is 5.10 Å². The van der Waals surface area contributed by atoms with Gasteiger partial charge in [-0.05, 0) is 36.4 Å². The standard InChI is InChI=1S/C15H10FN5O2/c16-9-2-1-3-10(7-9)17-14-19-15-18-11-6-8(13(22)23)4-5-12(11)21(15)20-14/h1-7H,(H,22,23)(H2,17,18,19,20). The van der Waals surface area contributed by atoms with E-state index in [1.165, 1.54) is 24.3 Å². The third-order valence-electron chi connectivity index (χ3n) is 3.40. The van der Waals surface area contributed by atoms with Crippen molar-refractivity contribution in [2.75, 3.05) is 5.32 Å². The Kier molecular flexibility index (Phi) is 2.77. The molecule has 0 atom stereocenters. The van der Waals surface area contributed by atoms with Crippen LogP contribution in [0.2, 0.25) is 0 Å². The summed E-state index contributed by atoms with van der Waals surface area (Å²) in [7, 11) is 0. The van der Waals surface area contributed by atoms with E-state index in [9.17, 15) is 9.18 Å². The summed E-state index contributed by atoms with van der Waals surface area (Å²) in [6, 6.07) is 10.7. The number of rotatable bonds is 3. The number of carboxylic acid groups (broad SMARTS) is 1. The Labute approximate surface area is 128 Å². The van der Waals surface area contributed by atoms with Crippen molar-refractivity contribution in [3.63, 3.8) is 0 Å². The van der Waals surface area contributed by atoms with E-state index in [1.54, 1.807) is 22.7 Å². The molecule has 0 radical (unpaired) electrons. The van der Waals surface area contributed by atoms with Crippen LogP contribution >= 0.6 is 0 Å². The highest BCUT2D eigenvalue weighted by Gasteiger charge is 2.12. The van der Waals surface area contributed by atoms with Crippen LogP contribution in [0.3, 0.4) is 0 Å². The molecule has 0 unspecified atom stereocenters. The van der Waals surface area contributed by atoms with E-state index in [0.29, 0.717) is 28.4 Å². The van der Waals surface area contributed by atoms with Gasteiger partial charge in [0.15, 0.2) is 0 Å². The summed E-state index contributed by atoms with van der Waals surface area (Å²) in [5.41, 5.74) is 1.95. The zero-order valence-electron chi connectivity index (χ0n) is 11.6. The monoisotopic (exact) mass is 311 g/mol. The van der Waals surface area contributed by atoms with Crippen molar-refractivity contribution in [2.45, 2.75) is 0 Å². The molecule has 0 saturated carbocycles. The molecule has 2 aromatic carbocycles. The lowest BCUT2D eigenvalue weighted by Crippen LogP contribution is -1.96. The van der Waals surface area contributed by atoms with Crippen LogP contribution in [0.5, 0.6) is 0 Å². The normalized spacial score (nSPS) is 11.2. The van der Waals surface area contributed by atoms with Gasteiger partial charge in [-0.15, -0.1) is 0 Å². The van der Waals surface area contributed by atoms with Crippen molar-refractivity contribution >= 4 is 34.4 Å². The van der Waals surface area contributed by atoms with Crippen LogP contribution in [-0.2, 0) is 0 Å². The highest BCUT2D eigenvalue weighted by Crippen LogP contribution is 2.20. The summed E-state index contributed by atoms with van der Waals surface area (Å²) >= 11 is 0. The molecule has 2 aromatic heterocycles. The number of aromatic amines is 1. The third-order valence-corrected chi connectivity index (χ3v) is 3.40. The number of fused-ring (bicyclic) bond motifs is 3. The Balaban J connectivity index is 1.75. The molecule has 23 heavy (non-hydrogen) atoms. The molecule has 4 rings (SSSR count). The van der Waals surface area contributed by atoms with Crippen LogP contribution in [0.4, 0.5) is 16.0 Å². The first kappa shape index (κ1) is 13.3. The molecule has 2 heterocycles. The van der Waals surface area contributed by atoms with Crippen LogP contribution in [-0.4, -0.2) is 30.7 Å². The Morgan fingerprint density at radius 2 is 2.09 bits per heavy atom. The minimum Gasteiger partial charge on any atom is -0.478 e. The number of halogens is 1. The second-order valence-corrected chi connectivity index (χ2v) is 4.96. The fourth-order valence-electron chi connectivity index (χ4n) is 2.38. The number of H-pyrrole nitrogens is 1.